The van der Waals surface area contributed by atoms with Crippen LogP contribution >= 0.6 is 0 Å². The highest BCUT2D eigenvalue weighted by Crippen LogP contribution is 2.34. The fourth-order valence-electron chi connectivity index (χ4n) is 3.09. The van der Waals surface area contributed by atoms with Gasteiger partial charge in [0.2, 0.25) is 5.88 Å². The van der Waals surface area contributed by atoms with Crippen LogP contribution in [0.5, 0.6) is 17.4 Å². The van der Waals surface area contributed by atoms with Gasteiger partial charge in [-0.3, -0.25) is 4.79 Å². The number of carbonyl (C=O) groups excluding carboxylic acids is 1. The molecule has 7 nitrogen and oxygen atoms in total. The topological polar surface area (TPSA) is 86.2 Å². The first-order valence-electron chi connectivity index (χ1n) is 9.90. The number of rotatable bonds is 6. The van der Waals surface area contributed by atoms with Crippen LogP contribution < -0.4 is 14.8 Å². The third-order valence-corrected chi connectivity index (χ3v) is 4.67. The van der Waals surface area contributed by atoms with Crippen molar-refractivity contribution in [1.82, 2.24) is 15.0 Å². The number of hydrogen-bond acceptors (Lipinski definition) is 6. The van der Waals surface area contributed by atoms with Crippen molar-refractivity contribution < 1.29 is 27.4 Å². The van der Waals surface area contributed by atoms with Crippen molar-refractivity contribution in [2.75, 3.05) is 12.4 Å². The van der Waals surface area contributed by atoms with E-state index in [4.69, 9.17) is 9.47 Å². The number of carbonyl (C=O) groups is 1. The second-order valence-corrected chi connectivity index (χ2v) is 6.98. The molecule has 0 atom stereocenters. The zero-order valence-corrected chi connectivity index (χ0v) is 17.7. The van der Waals surface area contributed by atoms with Crippen LogP contribution in [-0.4, -0.2) is 28.0 Å². The van der Waals surface area contributed by atoms with Gasteiger partial charge in [-0.25, -0.2) is 15.0 Å². The van der Waals surface area contributed by atoms with Crippen molar-refractivity contribution in [2.24, 2.45) is 0 Å². The summed E-state index contributed by atoms with van der Waals surface area (Å²) < 4.78 is 50.3. The molecule has 2 heterocycles. The predicted octanol–water partition coefficient (Wildman–Crippen LogP) is 5.61. The lowest BCUT2D eigenvalue weighted by Gasteiger charge is -2.13. The Labute approximate surface area is 192 Å². The molecule has 2 aromatic heterocycles. The Morgan fingerprint density at radius 3 is 2.53 bits per heavy atom. The van der Waals surface area contributed by atoms with Crippen LogP contribution in [0.15, 0.2) is 79.4 Å². The van der Waals surface area contributed by atoms with E-state index in [1.54, 1.807) is 42.7 Å². The minimum Gasteiger partial charge on any atom is -0.497 e. The number of anilines is 1. The van der Waals surface area contributed by atoms with Crippen LogP contribution in [0.4, 0.5) is 18.9 Å². The molecular formula is C24H17F3N4O3. The van der Waals surface area contributed by atoms with Crippen molar-refractivity contribution in [3.8, 4) is 28.6 Å². The molecule has 0 aliphatic heterocycles. The van der Waals surface area contributed by atoms with Gasteiger partial charge in [0.05, 0.1) is 23.9 Å². The van der Waals surface area contributed by atoms with E-state index in [0.717, 1.165) is 12.1 Å². The maximum atomic E-state index is 13.2. The normalized spacial score (nSPS) is 11.1. The highest BCUT2D eigenvalue weighted by atomic mass is 19.4. The number of hydrogen-bond donors (Lipinski definition) is 1. The number of alkyl halides is 3. The number of nitrogens with one attached hydrogen (secondary N) is 1. The first-order valence-corrected chi connectivity index (χ1v) is 9.90. The first-order chi connectivity index (χ1) is 16.3. The van der Waals surface area contributed by atoms with E-state index >= 15 is 0 Å². The Kier molecular flexibility index (Phi) is 6.39. The van der Waals surface area contributed by atoms with Crippen molar-refractivity contribution >= 4 is 11.6 Å². The summed E-state index contributed by atoms with van der Waals surface area (Å²) in [7, 11) is 1.25. The minimum atomic E-state index is -4.59. The van der Waals surface area contributed by atoms with E-state index in [1.165, 1.54) is 31.6 Å². The summed E-state index contributed by atoms with van der Waals surface area (Å²) in [5.41, 5.74) is 0.403. The molecule has 172 valence electrons. The maximum Gasteiger partial charge on any atom is 0.416 e. The third-order valence-electron chi connectivity index (χ3n) is 4.67. The lowest BCUT2D eigenvalue weighted by atomic mass is 10.1. The monoisotopic (exact) mass is 466 g/mol. The van der Waals surface area contributed by atoms with Gasteiger partial charge in [-0.1, -0.05) is 6.07 Å². The summed E-state index contributed by atoms with van der Waals surface area (Å²) >= 11 is 0. The Balaban J connectivity index is 1.57. The van der Waals surface area contributed by atoms with E-state index < -0.39 is 17.6 Å². The maximum absolute atomic E-state index is 13.2. The van der Waals surface area contributed by atoms with Crippen LogP contribution in [-0.2, 0) is 6.18 Å². The summed E-state index contributed by atoms with van der Waals surface area (Å²) in [4.78, 5) is 25.1. The molecule has 1 amide bonds. The van der Waals surface area contributed by atoms with Crippen LogP contribution in [0.3, 0.4) is 0 Å². The summed E-state index contributed by atoms with van der Waals surface area (Å²) in [5, 5.41) is 2.47. The Hall–Kier alpha value is -4.47. The van der Waals surface area contributed by atoms with Gasteiger partial charge in [0.1, 0.15) is 17.8 Å². The number of ether oxygens (including phenoxy) is 2. The van der Waals surface area contributed by atoms with E-state index in [-0.39, 0.29) is 22.9 Å². The van der Waals surface area contributed by atoms with Gasteiger partial charge in [0, 0.05) is 29.7 Å². The molecule has 0 saturated carbocycles. The zero-order chi connectivity index (χ0) is 24.1. The zero-order valence-electron chi connectivity index (χ0n) is 17.7. The average molecular weight is 466 g/mol. The molecule has 0 bridgehead atoms. The molecule has 0 radical (unpaired) electrons. The van der Waals surface area contributed by atoms with Crippen LogP contribution in [0, 0.1) is 0 Å². The first kappa shape index (κ1) is 22.7. The second kappa shape index (κ2) is 9.57. The van der Waals surface area contributed by atoms with Gasteiger partial charge >= 0.3 is 6.18 Å². The smallest absolute Gasteiger partial charge is 0.416 e. The molecule has 4 aromatic rings. The molecular weight excluding hydrogens is 449 g/mol. The third kappa shape index (κ3) is 5.29. The summed E-state index contributed by atoms with van der Waals surface area (Å²) in [6.07, 6.45) is -0.0455. The summed E-state index contributed by atoms with van der Waals surface area (Å²) in [6, 6.07) is 14.4. The van der Waals surface area contributed by atoms with Crippen LogP contribution in [0.25, 0.3) is 11.3 Å². The van der Waals surface area contributed by atoms with Gasteiger partial charge in [0.15, 0.2) is 0 Å². The number of nitrogens with zero attached hydrogens (tertiary/aromatic N) is 3. The molecule has 0 unspecified atom stereocenters. The van der Waals surface area contributed by atoms with Crippen molar-refractivity contribution in [3.63, 3.8) is 0 Å². The highest BCUT2D eigenvalue weighted by molar-refractivity contribution is 6.04. The Morgan fingerprint density at radius 2 is 1.79 bits per heavy atom. The quantitative estimate of drug-likeness (QED) is 0.398. The Morgan fingerprint density at radius 1 is 0.941 bits per heavy atom. The number of pyridine rings is 1. The number of halogens is 3. The Bertz CT molecular complexity index is 1310. The fraction of sp³-hybridized carbons (Fsp3) is 0.0833. The van der Waals surface area contributed by atoms with Crippen molar-refractivity contribution in [1.29, 1.82) is 0 Å². The summed E-state index contributed by atoms with van der Waals surface area (Å²) in [6.45, 7) is 0. The molecule has 0 spiro atoms. The van der Waals surface area contributed by atoms with Gasteiger partial charge in [-0.15, -0.1) is 0 Å². The van der Waals surface area contributed by atoms with Gasteiger partial charge in [0.25, 0.3) is 5.91 Å². The lowest BCUT2D eigenvalue weighted by molar-refractivity contribution is -0.137. The molecule has 34 heavy (non-hydrogen) atoms. The standard InChI is InChI=1S/C24H17F3N4O3/c1-33-19-12-16(24(25,26)27)11-17(13-19)31-22(32)15-4-2-5-18(10-15)34-23-20(6-3-8-29-23)21-7-9-28-14-30-21/h2-14H,1H3,(H,31,32). The molecule has 1 N–H and O–H groups in total. The van der Waals surface area contributed by atoms with E-state index in [9.17, 15) is 18.0 Å². The second-order valence-electron chi connectivity index (χ2n) is 6.98. The van der Waals surface area contributed by atoms with Crippen molar-refractivity contribution in [3.05, 3.63) is 90.5 Å². The molecule has 0 aliphatic rings. The molecule has 4 rings (SSSR count). The number of methoxy groups -OCH3 is 1. The molecule has 2 aromatic carbocycles. The largest absolute Gasteiger partial charge is 0.497 e. The summed E-state index contributed by atoms with van der Waals surface area (Å²) in [5.74, 6) is -0.0804. The van der Waals surface area contributed by atoms with Crippen molar-refractivity contribution in [2.45, 2.75) is 6.18 Å². The SMILES string of the molecule is COc1cc(NC(=O)c2cccc(Oc3ncccc3-c3ccncn3)c2)cc(C(F)(F)F)c1. The number of benzene rings is 2. The molecule has 0 aliphatic carbocycles. The van der Waals surface area contributed by atoms with Crippen LogP contribution in [0.1, 0.15) is 15.9 Å². The van der Waals surface area contributed by atoms with Gasteiger partial charge < -0.3 is 14.8 Å². The van der Waals surface area contributed by atoms with E-state index in [0.29, 0.717) is 17.0 Å². The average Bonchev–Trinajstić information content (AvgIpc) is 2.84. The number of amides is 1. The lowest BCUT2D eigenvalue weighted by Crippen LogP contribution is -2.13. The predicted molar refractivity (Wildman–Crippen MR) is 118 cm³/mol. The van der Waals surface area contributed by atoms with Gasteiger partial charge in [-0.2, -0.15) is 13.2 Å². The van der Waals surface area contributed by atoms with E-state index in [2.05, 4.69) is 20.3 Å². The highest BCUT2D eigenvalue weighted by Gasteiger charge is 2.31. The van der Waals surface area contributed by atoms with E-state index in [1.807, 2.05) is 0 Å². The molecule has 0 saturated heterocycles. The van der Waals surface area contributed by atoms with Gasteiger partial charge in [-0.05, 0) is 48.5 Å². The molecule has 10 heteroatoms. The van der Waals surface area contributed by atoms with Crippen LogP contribution in [0.2, 0.25) is 0 Å². The minimum absolute atomic E-state index is 0.0328. The fourth-order valence-corrected chi connectivity index (χ4v) is 3.09. The molecule has 0 fully saturated rings. The number of aromatic nitrogens is 3.